The van der Waals surface area contributed by atoms with Gasteiger partial charge in [0.1, 0.15) is 0 Å². The molecule has 0 aromatic heterocycles. The third kappa shape index (κ3) is 2.67. The maximum atomic E-state index is 10.8. The van der Waals surface area contributed by atoms with Crippen LogP contribution in [-0.4, -0.2) is 16.6 Å². The molecule has 0 fully saturated rings. The Bertz CT molecular complexity index is 463. The van der Waals surface area contributed by atoms with Gasteiger partial charge in [-0.05, 0) is 16.8 Å². The molecule has 0 atom stereocenters. The Morgan fingerprint density at radius 2 is 1.60 bits per heavy atom. The SMILES string of the molecule is O.O=C(O)c1cccc2ccccc12.[Au]. The molecule has 2 aromatic carbocycles. The molecule has 0 heterocycles. The van der Waals surface area contributed by atoms with E-state index in [1.165, 1.54) is 0 Å². The second kappa shape index (κ2) is 5.68. The van der Waals surface area contributed by atoms with Crippen LogP contribution >= 0.6 is 0 Å². The Balaban J connectivity index is 0.000000980. The van der Waals surface area contributed by atoms with Crippen molar-refractivity contribution in [3.05, 3.63) is 48.0 Å². The number of aromatic carboxylic acids is 1. The number of benzene rings is 2. The average Bonchev–Trinajstić information content (AvgIpc) is 2.17. The molecule has 0 amide bonds. The van der Waals surface area contributed by atoms with Crippen LogP contribution in [0.4, 0.5) is 0 Å². The van der Waals surface area contributed by atoms with Crippen molar-refractivity contribution in [2.45, 2.75) is 0 Å². The third-order valence-electron chi connectivity index (χ3n) is 2.02. The summed E-state index contributed by atoms with van der Waals surface area (Å²) in [5.41, 5.74) is 0.359. The Morgan fingerprint density at radius 3 is 2.27 bits per heavy atom. The van der Waals surface area contributed by atoms with Gasteiger partial charge in [0, 0.05) is 22.4 Å². The Kier molecular flexibility index (Phi) is 5.25. The Morgan fingerprint density at radius 1 is 1.00 bits per heavy atom. The monoisotopic (exact) mass is 387 g/mol. The van der Waals surface area contributed by atoms with Crippen molar-refractivity contribution in [2.24, 2.45) is 0 Å². The average molecular weight is 387 g/mol. The van der Waals surface area contributed by atoms with E-state index in [0.29, 0.717) is 5.56 Å². The van der Waals surface area contributed by atoms with E-state index in [1.807, 2.05) is 30.3 Å². The molecule has 15 heavy (non-hydrogen) atoms. The first-order chi connectivity index (χ1) is 6.29. The van der Waals surface area contributed by atoms with Gasteiger partial charge in [-0.25, -0.2) is 4.79 Å². The molecule has 0 aliphatic heterocycles. The van der Waals surface area contributed by atoms with Crippen molar-refractivity contribution in [3.63, 3.8) is 0 Å². The van der Waals surface area contributed by atoms with Gasteiger partial charge < -0.3 is 10.6 Å². The first-order valence-corrected chi connectivity index (χ1v) is 4.00. The number of carbonyl (C=O) groups is 1. The minimum atomic E-state index is -0.878. The standard InChI is InChI=1S/C11H8O2.Au.H2O/c12-11(13)10-7-3-5-8-4-1-2-6-9(8)10;;/h1-7H,(H,12,13);;1H2. The fourth-order valence-corrected chi connectivity index (χ4v) is 1.41. The van der Waals surface area contributed by atoms with E-state index in [-0.39, 0.29) is 27.9 Å². The van der Waals surface area contributed by atoms with Gasteiger partial charge in [-0.2, -0.15) is 0 Å². The predicted molar refractivity (Wildman–Crippen MR) is 54.5 cm³/mol. The van der Waals surface area contributed by atoms with Crippen LogP contribution < -0.4 is 0 Å². The van der Waals surface area contributed by atoms with Crippen LogP contribution in [0.25, 0.3) is 10.8 Å². The summed E-state index contributed by atoms with van der Waals surface area (Å²) in [4.78, 5) is 10.8. The molecule has 0 saturated carbocycles. The number of fused-ring (bicyclic) bond motifs is 1. The molecule has 3 N–H and O–H groups in total. The van der Waals surface area contributed by atoms with Gasteiger partial charge in [0.15, 0.2) is 0 Å². The minimum absolute atomic E-state index is 0. The van der Waals surface area contributed by atoms with Crippen molar-refractivity contribution in [2.75, 3.05) is 0 Å². The van der Waals surface area contributed by atoms with Crippen LogP contribution in [0.3, 0.4) is 0 Å². The van der Waals surface area contributed by atoms with Crippen molar-refractivity contribution in [1.82, 2.24) is 0 Å². The van der Waals surface area contributed by atoms with Crippen molar-refractivity contribution < 1.29 is 37.8 Å². The van der Waals surface area contributed by atoms with E-state index in [4.69, 9.17) is 5.11 Å². The van der Waals surface area contributed by atoms with Crippen LogP contribution in [0.2, 0.25) is 0 Å². The zero-order valence-electron chi connectivity index (χ0n) is 7.70. The summed E-state index contributed by atoms with van der Waals surface area (Å²) < 4.78 is 0. The van der Waals surface area contributed by atoms with Crippen molar-refractivity contribution in [1.29, 1.82) is 0 Å². The summed E-state index contributed by atoms with van der Waals surface area (Å²) >= 11 is 0. The fourth-order valence-electron chi connectivity index (χ4n) is 1.41. The van der Waals surface area contributed by atoms with Gasteiger partial charge in [-0.1, -0.05) is 36.4 Å². The van der Waals surface area contributed by atoms with Crippen LogP contribution in [0.5, 0.6) is 0 Å². The van der Waals surface area contributed by atoms with Crippen molar-refractivity contribution >= 4 is 16.7 Å². The maximum absolute atomic E-state index is 10.8. The molecule has 0 unspecified atom stereocenters. The van der Waals surface area contributed by atoms with Gasteiger partial charge >= 0.3 is 5.97 Å². The molecular formula is C11H10AuO3. The molecule has 4 heteroatoms. The van der Waals surface area contributed by atoms with E-state index >= 15 is 0 Å². The van der Waals surface area contributed by atoms with Gasteiger partial charge in [0.25, 0.3) is 0 Å². The van der Waals surface area contributed by atoms with Crippen LogP contribution in [0, 0.1) is 0 Å². The molecule has 2 rings (SSSR count). The summed E-state index contributed by atoms with van der Waals surface area (Å²) in [5, 5.41) is 10.6. The van der Waals surface area contributed by atoms with Crippen LogP contribution in [-0.2, 0) is 22.4 Å². The van der Waals surface area contributed by atoms with E-state index in [1.54, 1.807) is 12.1 Å². The molecular weight excluding hydrogens is 377 g/mol. The minimum Gasteiger partial charge on any atom is -0.478 e. The number of hydrogen-bond acceptors (Lipinski definition) is 1. The zero-order valence-corrected chi connectivity index (χ0v) is 9.86. The van der Waals surface area contributed by atoms with Gasteiger partial charge in [-0.3, -0.25) is 0 Å². The summed E-state index contributed by atoms with van der Waals surface area (Å²) in [7, 11) is 0. The second-order valence-corrected chi connectivity index (χ2v) is 2.83. The van der Waals surface area contributed by atoms with Gasteiger partial charge in [-0.15, -0.1) is 0 Å². The number of hydrogen-bond donors (Lipinski definition) is 1. The Hall–Kier alpha value is -1.13. The topological polar surface area (TPSA) is 68.8 Å². The first-order valence-electron chi connectivity index (χ1n) is 4.00. The molecule has 83 valence electrons. The van der Waals surface area contributed by atoms with Crippen molar-refractivity contribution in [3.8, 4) is 0 Å². The molecule has 0 spiro atoms. The summed E-state index contributed by atoms with van der Waals surface area (Å²) in [6.45, 7) is 0. The van der Waals surface area contributed by atoms with Gasteiger partial charge in [0.2, 0.25) is 0 Å². The molecule has 0 bridgehead atoms. The Labute approximate surface area is 103 Å². The third-order valence-corrected chi connectivity index (χ3v) is 2.02. The normalized spacial score (nSPS) is 8.80. The maximum Gasteiger partial charge on any atom is 0.336 e. The summed E-state index contributed by atoms with van der Waals surface area (Å²) in [6.07, 6.45) is 0. The van der Waals surface area contributed by atoms with E-state index < -0.39 is 5.97 Å². The number of carboxylic acid groups (broad SMARTS) is 1. The molecule has 1 radical (unpaired) electrons. The van der Waals surface area contributed by atoms with Crippen LogP contribution in [0.15, 0.2) is 42.5 Å². The summed E-state index contributed by atoms with van der Waals surface area (Å²) in [6, 6.07) is 12.7. The quantitative estimate of drug-likeness (QED) is 0.758. The van der Waals surface area contributed by atoms with E-state index in [0.717, 1.165) is 10.8 Å². The van der Waals surface area contributed by atoms with E-state index in [2.05, 4.69) is 0 Å². The fraction of sp³-hybridized carbons (Fsp3) is 0. The largest absolute Gasteiger partial charge is 0.478 e. The smallest absolute Gasteiger partial charge is 0.336 e. The number of rotatable bonds is 1. The zero-order chi connectivity index (χ0) is 9.26. The molecule has 0 saturated heterocycles. The van der Waals surface area contributed by atoms with Gasteiger partial charge in [0.05, 0.1) is 5.56 Å². The summed E-state index contributed by atoms with van der Waals surface area (Å²) in [5.74, 6) is -0.878. The molecule has 0 aliphatic rings. The molecule has 2 aromatic rings. The first kappa shape index (κ1) is 13.9. The second-order valence-electron chi connectivity index (χ2n) is 2.83. The number of carboxylic acids is 1. The van der Waals surface area contributed by atoms with Crippen LogP contribution in [0.1, 0.15) is 10.4 Å². The van der Waals surface area contributed by atoms with E-state index in [9.17, 15) is 4.79 Å². The predicted octanol–water partition coefficient (Wildman–Crippen LogP) is 1.71. The molecule has 0 aliphatic carbocycles. The molecule has 3 nitrogen and oxygen atoms in total.